The molecule has 0 unspecified atom stereocenters. The molecule has 24 heavy (non-hydrogen) atoms. The van der Waals surface area contributed by atoms with E-state index in [0.717, 1.165) is 30.9 Å². The largest absolute Gasteiger partial charge is 0.348 e. The van der Waals surface area contributed by atoms with Crippen LogP contribution in [0.3, 0.4) is 0 Å². The second-order valence-corrected chi connectivity index (χ2v) is 6.19. The molecule has 2 aromatic rings. The van der Waals surface area contributed by atoms with E-state index in [9.17, 15) is 4.79 Å². The van der Waals surface area contributed by atoms with E-state index < -0.39 is 0 Å². The first-order valence-electron chi connectivity index (χ1n) is 8.66. The number of nitrogens with zero attached hydrogens (tertiary/aromatic N) is 3. The number of carbonyl (C=O) groups excluding carboxylic acids is 1. The van der Waals surface area contributed by atoms with Crippen molar-refractivity contribution in [3.63, 3.8) is 0 Å². The summed E-state index contributed by atoms with van der Waals surface area (Å²) in [6, 6.07) is 12.1. The minimum absolute atomic E-state index is 0.0993. The number of amides is 1. The number of nitrogens with one attached hydrogen (secondary N) is 1. The van der Waals surface area contributed by atoms with Crippen LogP contribution in [0.5, 0.6) is 0 Å². The number of aryl methyl sites for hydroxylation is 1. The zero-order valence-corrected chi connectivity index (χ0v) is 14.3. The fraction of sp³-hybridized carbons (Fsp3) is 0.421. The number of para-hydroxylation sites is 1. The van der Waals surface area contributed by atoms with Gasteiger partial charge in [-0.3, -0.25) is 4.79 Å². The van der Waals surface area contributed by atoms with E-state index >= 15 is 0 Å². The topological polar surface area (TPSA) is 58.1 Å². The van der Waals surface area contributed by atoms with Gasteiger partial charge in [-0.25, -0.2) is 9.97 Å². The fourth-order valence-electron chi connectivity index (χ4n) is 3.22. The van der Waals surface area contributed by atoms with Crippen LogP contribution in [-0.2, 0) is 0 Å². The average molecular weight is 324 g/mol. The summed E-state index contributed by atoms with van der Waals surface area (Å²) < 4.78 is 0. The Kier molecular flexibility index (Phi) is 5.08. The van der Waals surface area contributed by atoms with Gasteiger partial charge < -0.3 is 10.2 Å². The van der Waals surface area contributed by atoms with Crippen molar-refractivity contribution in [1.82, 2.24) is 15.3 Å². The Balaban J connectivity index is 1.86. The Morgan fingerprint density at radius 3 is 2.58 bits per heavy atom. The number of hydrogen-bond acceptors (Lipinski definition) is 4. The number of carbonyl (C=O) groups is 1. The zero-order valence-electron chi connectivity index (χ0n) is 14.3. The molecule has 0 spiro atoms. The normalized spacial score (nSPS) is 14.6. The molecule has 0 bridgehead atoms. The molecule has 1 aromatic carbocycles. The van der Waals surface area contributed by atoms with Crippen LogP contribution in [0.2, 0.25) is 0 Å². The standard InChI is InChI=1S/C19H24N4O/c1-3-23(16-11-5-4-6-12-16)18-13-17(20-14(2)21-18)19(24)22-15-9-7-8-10-15/h4-6,11-13,15H,3,7-10H2,1-2H3,(H,22,24). The van der Waals surface area contributed by atoms with Gasteiger partial charge in [0, 0.05) is 24.3 Å². The Labute approximate surface area is 143 Å². The Hall–Kier alpha value is -2.43. The van der Waals surface area contributed by atoms with Crippen molar-refractivity contribution in [2.45, 2.75) is 45.6 Å². The van der Waals surface area contributed by atoms with Crippen molar-refractivity contribution in [2.75, 3.05) is 11.4 Å². The first-order valence-corrected chi connectivity index (χ1v) is 8.66. The molecule has 1 N–H and O–H groups in total. The fourth-order valence-corrected chi connectivity index (χ4v) is 3.22. The maximum absolute atomic E-state index is 12.5. The molecular weight excluding hydrogens is 300 g/mol. The van der Waals surface area contributed by atoms with E-state index in [4.69, 9.17) is 0 Å². The van der Waals surface area contributed by atoms with Crippen LogP contribution < -0.4 is 10.2 Å². The average Bonchev–Trinajstić information content (AvgIpc) is 3.09. The molecule has 1 amide bonds. The molecule has 126 valence electrons. The lowest BCUT2D eigenvalue weighted by Crippen LogP contribution is -2.33. The highest BCUT2D eigenvalue weighted by atomic mass is 16.1. The van der Waals surface area contributed by atoms with Crippen molar-refractivity contribution in [3.05, 3.63) is 47.9 Å². The summed E-state index contributed by atoms with van der Waals surface area (Å²) in [6.45, 7) is 4.67. The highest BCUT2D eigenvalue weighted by molar-refractivity contribution is 5.93. The molecule has 0 atom stereocenters. The predicted octanol–water partition coefficient (Wildman–Crippen LogP) is 3.62. The van der Waals surface area contributed by atoms with Crippen molar-refractivity contribution >= 4 is 17.4 Å². The summed E-state index contributed by atoms with van der Waals surface area (Å²) in [6.07, 6.45) is 4.51. The number of rotatable bonds is 5. The van der Waals surface area contributed by atoms with Crippen molar-refractivity contribution in [3.8, 4) is 0 Å². The van der Waals surface area contributed by atoms with Crippen molar-refractivity contribution in [2.24, 2.45) is 0 Å². The third-order valence-electron chi connectivity index (χ3n) is 4.41. The van der Waals surface area contributed by atoms with Crippen LogP contribution in [0.1, 0.15) is 48.9 Å². The first kappa shape index (κ1) is 16.4. The molecule has 1 saturated carbocycles. The van der Waals surface area contributed by atoms with Crippen molar-refractivity contribution in [1.29, 1.82) is 0 Å². The lowest BCUT2D eigenvalue weighted by molar-refractivity contribution is 0.0932. The number of aromatic nitrogens is 2. The second kappa shape index (κ2) is 7.43. The van der Waals surface area contributed by atoms with Gasteiger partial charge in [-0.05, 0) is 38.8 Å². The summed E-state index contributed by atoms with van der Waals surface area (Å²) in [5, 5.41) is 3.10. The van der Waals surface area contributed by atoms with E-state index in [1.165, 1.54) is 12.8 Å². The van der Waals surface area contributed by atoms with Gasteiger partial charge in [0.25, 0.3) is 5.91 Å². The lowest BCUT2D eigenvalue weighted by atomic mass is 10.2. The monoisotopic (exact) mass is 324 g/mol. The Morgan fingerprint density at radius 1 is 1.21 bits per heavy atom. The van der Waals surface area contributed by atoms with E-state index in [1.807, 2.05) is 37.3 Å². The van der Waals surface area contributed by atoms with Gasteiger partial charge in [-0.1, -0.05) is 31.0 Å². The summed E-state index contributed by atoms with van der Waals surface area (Å²) in [4.78, 5) is 23.5. The third kappa shape index (κ3) is 3.72. The molecule has 5 nitrogen and oxygen atoms in total. The van der Waals surface area contributed by atoms with Crippen LogP contribution >= 0.6 is 0 Å². The minimum Gasteiger partial charge on any atom is -0.348 e. The Morgan fingerprint density at radius 2 is 1.92 bits per heavy atom. The van der Waals surface area contributed by atoms with Gasteiger partial charge in [0.05, 0.1) is 0 Å². The summed E-state index contributed by atoms with van der Waals surface area (Å²) >= 11 is 0. The predicted molar refractivity (Wildman–Crippen MR) is 95.6 cm³/mol. The number of benzene rings is 1. The molecule has 1 aliphatic carbocycles. The van der Waals surface area contributed by atoms with Crippen LogP contribution in [-0.4, -0.2) is 28.5 Å². The molecule has 0 radical (unpaired) electrons. The molecule has 1 heterocycles. The van der Waals surface area contributed by atoms with Gasteiger partial charge >= 0.3 is 0 Å². The first-order chi connectivity index (χ1) is 11.7. The number of anilines is 2. The van der Waals surface area contributed by atoms with Gasteiger partial charge in [0.15, 0.2) is 0 Å². The second-order valence-electron chi connectivity index (χ2n) is 6.19. The third-order valence-corrected chi connectivity index (χ3v) is 4.41. The van der Waals surface area contributed by atoms with Crippen LogP contribution in [0.4, 0.5) is 11.5 Å². The Bertz CT molecular complexity index is 696. The van der Waals surface area contributed by atoms with Crippen LogP contribution in [0.15, 0.2) is 36.4 Å². The summed E-state index contributed by atoms with van der Waals surface area (Å²) in [7, 11) is 0. The van der Waals surface area contributed by atoms with Crippen LogP contribution in [0, 0.1) is 6.92 Å². The van der Waals surface area contributed by atoms with E-state index in [0.29, 0.717) is 11.5 Å². The van der Waals surface area contributed by atoms with E-state index in [1.54, 1.807) is 6.07 Å². The molecule has 1 aliphatic rings. The van der Waals surface area contributed by atoms with Gasteiger partial charge in [-0.15, -0.1) is 0 Å². The highest BCUT2D eigenvalue weighted by Crippen LogP contribution is 2.24. The SMILES string of the molecule is CCN(c1ccccc1)c1cc(C(=O)NC2CCCC2)nc(C)n1. The van der Waals surface area contributed by atoms with E-state index in [2.05, 4.69) is 27.1 Å². The summed E-state index contributed by atoms with van der Waals surface area (Å²) in [5.74, 6) is 1.27. The van der Waals surface area contributed by atoms with E-state index in [-0.39, 0.29) is 11.9 Å². The van der Waals surface area contributed by atoms with Gasteiger partial charge in [-0.2, -0.15) is 0 Å². The van der Waals surface area contributed by atoms with Gasteiger partial charge in [0.2, 0.25) is 0 Å². The molecule has 3 rings (SSSR count). The maximum atomic E-state index is 12.5. The molecule has 0 aliphatic heterocycles. The quantitative estimate of drug-likeness (QED) is 0.912. The molecule has 5 heteroatoms. The highest BCUT2D eigenvalue weighted by Gasteiger charge is 2.20. The van der Waals surface area contributed by atoms with Crippen LogP contribution in [0.25, 0.3) is 0 Å². The summed E-state index contributed by atoms with van der Waals surface area (Å²) in [5.41, 5.74) is 1.50. The minimum atomic E-state index is -0.0993. The van der Waals surface area contributed by atoms with Gasteiger partial charge in [0.1, 0.15) is 17.3 Å². The maximum Gasteiger partial charge on any atom is 0.270 e. The zero-order chi connectivity index (χ0) is 16.9. The smallest absolute Gasteiger partial charge is 0.270 e. The molecular formula is C19H24N4O. The molecule has 1 fully saturated rings. The molecule has 0 saturated heterocycles. The molecule has 1 aromatic heterocycles. The number of hydrogen-bond donors (Lipinski definition) is 1. The lowest BCUT2D eigenvalue weighted by Gasteiger charge is -2.23. The van der Waals surface area contributed by atoms with Crippen molar-refractivity contribution < 1.29 is 4.79 Å².